The van der Waals surface area contributed by atoms with Crippen molar-refractivity contribution in [3.63, 3.8) is 0 Å². The smallest absolute Gasteiger partial charge is 0.273 e. The Morgan fingerprint density at radius 1 is 1.35 bits per heavy atom. The van der Waals surface area contributed by atoms with E-state index in [9.17, 15) is 14.0 Å². The Balaban J connectivity index is 1.59. The van der Waals surface area contributed by atoms with Crippen LogP contribution in [0.3, 0.4) is 0 Å². The highest BCUT2D eigenvalue weighted by Crippen LogP contribution is 2.27. The number of hydrogen-bond donors (Lipinski definition) is 1. The monoisotopic (exact) mass is 333 g/mol. The van der Waals surface area contributed by atoms with Crippen LogP contribution >= 0.6 is 11.3 Å². The number of halogens is 1. The first-order chi connectivity index (χ1) is 11.1. The highest BCUT2D eigenvalue weighted by atomic mass is 32.1. The lowest BCUT2D eigenvalue weighted by Crippen LogP contribution is -2.45. The van der Waals surface area contributed by atoms with Gasteiger partial charge in [0, 0.05) is 24.9 Å². The molecule has 1 N–H and O–H groups in total. The SMILES string of the molecule is O=C(c1cscn1)N1CCC(F)(C(=O)NCc2ccccc2)C1. The summed E-state index contributed by atoms with van der Waals surface area (Å²) in [4.78, 5) is 29.6. The highest BCUT2D eigenvalue weighted by Gasteiger charge is 2.46. The zero-order valence-electron chi connectivity index (χ0n) is 12.4. The summed E-state index contributed by atoms with van der Waals surface area (Å²) in [5.41, 5.74) is 0.709. The lowest BCUT2D eigenvalue weighted by atomic mass is 10.0. The second-order valence-electron chi connectivity index (χ2n) is 5.48. The summed E-state index contributed by atoms with van der Waals surface area (Å²) >= 11 is 1.31. The molecule has 1 unspecified atom stereocenters. The topological polar surface area (TPSA) is 62.3 Å². The van der Waals surface area contributed by atoms with E-state index in [1.807, 2.05) is 30.3 Å². The minimum absolute atomic E-state index is 0.00347. The first-order valence-electron chi connectivity index (χ1n) is 7.27. The number of hydrogen-bond acceptors (Lipinski definition) is 4. The number of thiazole rings is 1. The van der Waals surface area contributed by atoms with Crippen molar-refractivity contribution in [2.24, 2.45) is 0 Å². The molecule has 2 aromatic rings. The van der Waals surface area contributed by atoms with Gasteiger partial charge < -0.3 is 10.2 Å². The van der Waals surface area contributed by atoms with Gasteiger partial charge in [0.1, 0.15) is 5.69 Å². The van der Waals surface area contributed by atoms with Gasteiger partial charge in [0.05, 0.1) is 12.1 Å². The molecule has 1 aliphatic heterocycles. The molecule has 1 aromatic carbocycles. The number of amides is 2. The van der Waals surface area contributed by atoms with Crippen LogP contribution in [0.15, 0.2) is 41.2 Å². The van der Waals surface area contributed by atoms with Crippen molar-refractivity contribution in [1.82, 2.24) is 15.2 Å². The molecule has 0 spiro atoms. The molecule has 2 amide bonds. The normalized spacial score (nSPS) is 20.5. The second-order valence-corrected chi connectivity index (χ2v) is 6.20. The van der Waals surface area contributed by atoms with Gasteiger partial charge in [-0.05, 0) is 5.56 Å². The van der Waals surface area contributed by atoms with Crippen molar-refractivity contribution < 1.29 is 14.0 Å². The number of carbonyl (C=O) groups is 2. The van der Waals surface area contributed by atoms with Gasteiger partial charge in [-0.2, -0.15) is 0 Å². The van der Waals surface area contributed by atoms with Crippen LogP contribution in [0.1, 0.15) is 22.5 Å². The number of benzene rings is 1. The summed E-state index contributed by atoms with van der Waals surface area (Å²) in [5, 5.41) is 4.23. The molecule has 1 aromatic heterocycles. The van der Waals surface area contributed by atoms with E-state index in [-0.39, 0.29) is 32.0 Å². The molecule has 0 bridgehead atoms. The number of aromatic nitrogens is 1. The van der Waals surface area contributed by atoms with E-state index < -0.39 is 11.6 Å². The molecule has 1 saturated heterocycles. The van der Waals surface area contributed by atoms with Gasteiger partial charge >= 0.3 is 0 Å². The third-order valence-corrected chi connectivity index (χ3v) is 4.45. The van der Waals surface area contributed by atoms with Crippen molar-refractivity contribution >= 4 is 23.2 Å². The van der Waals surface area contributed by atoms with E-state index in [1.54, 1.807) is 10.9 Å². The Hall–Kier alpha value is -2.28. The molecular weight excluding hydrogens is 317 g/mol. The van der Waals surface area contributed by atoms with Crippen LogP contribution in [0.4, 0.5) is 4.39 Å². The van der Waals surface area contributed by atoms with Crippen LogP contribution in [0.2, 0.25) is 0 Å². The number of likely N-dealkylation sites (tertiary alicyclic amines) is 1. The first-order valence-corrected chi connectivity index (χ1v) is 8.21. The van der Waals surface area contributed by atoms with E-state index in [0.29, 0.717) is 5.69 Å². The summed E-state index contributed by atoms with van der Waals surface area (Å²) in [6.07, 6.45) is 0.00347. The molecule has 7 heteroatoms. The van der Waals surface area contributed by atoms with Gasteiger partial charge in [0.25, 0.3) is 11.8 Å². The number of alkyl halides is 1. The fourth-order valence-corrected chi connectivity index (χ4v) is 3.07. The zero-order valence-corrected chi connectivity index (χ0v) is 13.2. The largest absolute Gasteiger partial charge is 0.349 e. The molecule has 23 heavy (non-hydrogen) atoms. The van der Waals surface area contributed by atoms with Crippen molar-refractivity contribution in [2.75, 3.05) is 13.1 Å². The highest BCUT2D eigenvalue weighted by molar-refractivity contribution is 7.07. The van der Waals surface area contributed by atoms with E-state index in [0.717, 1.165) is 5.56 Å². The van der Waals surface area contributed by atoms with Crippen LogP contribution in [-0.4, -0.2) is 40.5 Å². The Labute approximate surface area is 137 Å². The molecule has 0 saturated carbocycles. The van der Waals surface area contributed by atoms with Crippen molar-refractivity contribution in [3.05, 3.63) is 52.5 Å². The molecule has 120 valence electrons. The Kier molecular flexibility index (Phi) is 4.38. The van der Waals surface area contributed by atoms with E-state index in [1.165, 1.54) is 16.2 Å². The fourth-order valence-electron chi connectivity index (χ4n) is 2.55. The van der Waals surface area contributed by atoms with E-state index in [2.05, 4.69) is 10.3 Å². The third kappa shape index (κ3) is 3.39. The number of rotatable bonds is 4. The lowest BCUT2D eigenvalue weighted by Gasteiger charge is -2.20. The van der Waals surface area contributed by atoms with Crippen LogP contribution in [0.5, 0.6) is 0 Å². The summed E-state index contributed by atoms with van der Waals surface area (Å²) < 4.78 is 14.8. The molecule has 0 radical (unpaired) electrons. The number of nitrogens with one attached hydrogen (secondary N) is 1. The Morgan fingerprint density at radius 3 is 2.83 bits per heavy atom. The van der Waals surface area contributed by atoms with Crippen LogP contribution in [-0.2, 0) is 11.3 Å². The zero-order chi connectivity index (χ0) is 16.3. The fraction of sp³-hybridized carbons (Fsp3) is 0.312. The average Bonchev–Trinajstić information content (AvgIpc) is 3.23. The van der Waals surface area contributed by atoms with Crippen LogP contribution in [0.25, 0.3) is 0 Å². The molecule has 1 fully saturated rings. The van der Waals surface area contributed by atoms with Crippen molar-refractivity contribution in [1.29, 1.82) is 0 Å². The standard InChI is InChI=1S/C16H16FN3O2S/c17-16(15(22)18-8-12-4-2-1-3-5-12)6-7-20(10-16)14(21)13-9-23-11-19-13/h1-5,9,11H,6-8,10H2,(H,18,22). The molecule has 3 rings (SSSR count). The summed E-state index contributed by atoms with van der Waals surface area (Å²) in [6.45, 7) is 0.251. The molecule has 1 atom stereocenters. The molecule has 2 heterocycles. The quantitative estimate of drug-likeness (QED) is 0.931. The Morgan fingerprint density at radius 2 is 2.13 bits per heavy atom. The van der Waals surface area contributed by atoms with Gasteiger partial charge in [0.2, 0.25) is 5.67 Å². The van der Waals surface area contributed by atoms with Gasteiger partial charge in [-0.1, -0.05) is 30.3 Å². The lowest BCUT2D eigenvalue weighted by molar-refractivity contribution is -0.132. The maximum atomic E-state index is 14.8. The van der Waals surface area contributed by atoms with E-state index in [4.69, 9.17) is 0 Å². The summed E-state index contributed by atoms with van der Waals surface area (Å²) in [7, 11) is 0. The van der Waals surface area contributed by atoms with Crippen LogP contribution < -0.4 is 5.32 Å². The molecular formula is C16H16FN3O2S. The number of nitrogens with zero attached hydrogens (tertiary/aromatic N) is 2. The average molecular weight is 333 g/mol. The molecule has 0 aliphatic carbocycles. The Bertz CT molecular complexity index is 693. The third-order valence-electron chi connectivity index (χ3n) is 3.86. The minimum atomic E-state index is -2.04. The predicted octanol–water partition coefficient (Wildman–Crippen LogP) is 2.01. The van der Waals surface area contributed by atoms with Crippen LogP contribution in [0, 0.1) is 0 Å². The molecule has 5 nitrogen and oxygen atoms in total. The summed E-state index contributed by atoms with van der Waals surface area (Å²) in [6, 6.07) is 9.31. The second kappa shape index (κ2) is 6.45. The van der Waals surface area contributed by atoms with Gasteiger partial charge in [-0.25, -0.2) is 9.37 Å². The maximum Gasteiger partial charge on any atom is 0.273 e. The molecule has 1 aliphatic rings. The van der Waals surface area contributed by atoms with Crippen molar-refractivity contribution in [3.8, 4) is 0 Å². The van der Waals surface area contributed by atoms with Gasteiger partial charge in [-0.15, -0.1) is 11.3 Å². The van der Waals surface area contributed by atoms with E-state index >= 15 is 0 Å². The van der Waals surface area contributed by atoms with Gasteiger partial charge in [-0.3, -0.25) is 9.59 Å². The first kappa shape index (κ1) is 15.6. The minimum Gasteiger partial charge on any atom is -0.349 e. The maximum absolute atomic E-state index is 14.8. The van der Waals surface area contributed by atoms with Gasteiger partial charge in [0.15, 0.2) is 0 Å². The predicted molar refractivity (Wildman–Crippen MR) is 84.8 cm³/mol. The summed E-state index contributed by atoms with van der Waals surface area (Å²) in [5.74, 6) is -1.00. The van der Waals surface area contributed by atoms with Crippen molar-refractivity contribution in [2.45, 2.75) is 18.6 Å². The number of carbonyl (C=O) groups excluding carboxylic acids is 2.